The number of hydrogen-bond acceptors (Lipinski definition) is 5. The first-order valence-corrected chi connectivity index (χ1v) is 10.5. The molecule has 152 valence electrons. The molecule has 0 bridgehead atoms. The number of benzene rings is 3. The molecule has 0 aliphatic heterocycles. The average Bonchev–Trinajstić information content (AvgIpc) is 3.17. The average molecular weight is 439 g/mol. The van der Waals surface area contributed by atoms with Crippen LogP contribution in [0.2, 0.25) is 5.02 Å². The Labute approximate surface area is 183 Å². The van der Waals surface area contributed by atoms with Crippen LogP contribution >= 0.6 is 22.9 Å². The summed E-state index contributed by atoms with van der Waals surface area (Å²) < 4.78 is 12.1. The number of carbonyl (C=O) groups excluding carboxylic acids is 1. The van der Waals surface area contributed by atoms with Crippen molar-refractivity contribution < 1.29 is 14.3 Å². The molecule has 7 heteroatoms. The van der Waals surface area contributed by atoms with Gasteiger partial charge in [0.2, 0.25) is 0 Å². The van der Waals surface area contributed by atoms with Crippen LogP contribution in [0.5, 0.6) is 11.5 Å². The number of aryl methyl sites for hydroxylation is 1. The summed E-state index contributed by atoms with van der Waals surface area (Å²) in [6.07, 6.45) is 0. The lowest BCUT2D eigenvalue weighted by molar-refractivity contribution is -0.118. The number of ether oxygens (including phenoxy) is 2. The van der Waals surface area contributed by atoms with Crippen molar-refractivity contribution in [2.45, 2.75) is 6.92 Å². The monoisotopic (exact) mass is 438 g/mol. The molecule has 1 heterocycles. The summed E-state index contributed by atoms with van der Waals surface area (Å²) in [5.74, 6) is 0.893. The number of aromatic nitrogens is 1. The number of anilines is 1. The van der Waals surface area contributed by atoms with Crippen LogP contribution in [0.15, 0.2) is 60.7 Å². The van der Waals surface area contributed by atoms with Gasteiger partial charge in [-0.1, -0.05) is 23.7 Å². The minimum atomic E-state index is -0.288. The SMILES string of the molecule is COc1ccc(-c2nc3ccccc3s2)cc1NC(=O)COc1ccc(Cl)cc1C. The maximum atomic E-state index is 12.5. The van der Waals surface area contributed by atoms with Crippen molar-refractivity contribution in [3.63, 3.8) is 0 Å². The Balaban J connectivity index is 1.52. The second kappa shape index (κ2) is 8.73. The van der Waals surface area contributed by atoms with E-state index in [4.69, 9.17) is 21.1 Å². The number of carbonyl (C=O) groups is 1. The highest BCUT2D eigenvalue weighted by Crippen LogP contribution is 2.34. The molecule has 1 N–H and O–H groups in total. The Bertz CT molecular complexity index is 1190. The minimum Gasteiger partial charge on any atom is -0.495 e. The lowest BCUT2D eigenvalue weighted by atomic mass is 10.2. The molecule has 1 aromatic heterocycles. The number of hydrogen-bond donors (Lipinski definition) is 1. The molecule has 5 nitrogen and oxygen atoms in total. The fraction of sp³-hybridized carbons (Fsp3) is 0.130. The van der Waals surface area contributed by atoms with Gasteiger partial charge in [-0.25, -0.2) is 4.98 Å². The predicted octanol–water partition coefficient (Wildman–Crippen LogP) is 5.95. The van der Waals surface area contributed by atoms with Gasteiger partial charge in [-0.2, -0.15) is 0 Å². The van der Waals surface area contributed by atoms with Crippen LogP contribution in [0.4, 0.5) is 5.69 Å². The number of methoxy groups -OCH3 is 1. The molecule has 0 aliphatic carbocycles. The van der Waals surface area contributed by atoms with Gasteiger partial charge in [0.05, 0.1) is 23.0 Å². The molecule has 1 amide bonds. The van der Waals surface area contributed by atoms with Crippen molar-refractivity contribution in [3.05, 3.63) is 71.2 Å². The third-order valence-corrected chi connectivity index (χ3v) is 5.83. The first-order chi connectivity index (χ1) is 14.5. The number of halogens is 1. The second-order valence-corrected chi connectivity index (χ2v) is 8.12. The van der Waals surface area contributed by atoms with Gasteiger partial charge < -0.3 is 14.8 Å². The molecule has 3 aromatic carbocycles. The summed E-state index contributed by atoms with van der Waals surface area (Å²) in [6, 6.07) is 18.9. The van der Waals surface area contributed by atoms with Crippen LogP contribution in [0.1, 0.15) is 5.56 Å². The zero-order valence-electron chi connectivity index (χ0n) is 16.4. The van der Waals surface area contributed by atoms with E-state index in [2.05, 4.69) is 10.3 Å². The van der Waals surface area contributed by atoms with E-state index in [9.17, 15) is 4.79 Å². The fourth-order valence-corrected chi connectivity index (χ4v) is 4.23. The molecule has 0 fully saturated rings. The van der Waals surface area contributed by atoms with Gasteiger partial charge in [0.1, 0.15) is 16.5 Å². The lowest BCUT2D eigenvalue weighted by Crippen LogP contribution is -2.20. The molecule has 0 saturated carbocycles. The van der Waals surface area contributed by atoms with E-state index >= 15 is 0 Å². The number of rotatable bonds is 6. The van der Waals surface area contributed by atoms with Crippen LogP contribution in [-0.2, 0) is 4.79 Å². The highest BCUT2D eigenvalue weighted by molar-refractivity contribution is 7.21. The Hall–Kier alpha value is -3.09. The quantitative estimate of drug-likeness (QED) is 0.404. The van der Waals surface area contributed by atoms with E-state index in [1.54, 1.807) is 36.6 Å². The topological polar surface area (TPSA) is 60.5 Å². The van der Waals surface area contributed by atoms with E-state index in [0.29, 0.717) is 22.2 Å². The molecule has 4 aromatic rings. The Morgan fingerprint density at radius 1 is 1.10 bits per heavy atom. The van der Waals surface area contributed by atoms with Gasteiger partial charge in [0.25, 0.3) is 5.91 Å². The van der Waals surface area contributed by atoms with Crippen LogP contribution in [0.3, 0.4) is 0 Å². The number of nitrogens with zero attached hydrogens (tertiary/aromatic N) is 1. The second-order valence-electron chi connectivity index (χ2n) is 6.65. The number of nitrogens with one attached hydrogen (secondary N) is 1. The summed E-state index contributed by atoms with van der Waals surface area (Å²) >= 11 is 7.56. The summed E-state index contributed by atoms with van der Waals surface area (Å²) in [5.41, 5.74) is 3.29. The van der Waals surface area contributed by atoms with Crippen LogP contribution in [0, 0.1) is 6.92 Å². The molecule has 0 atom stereocenters. The first-order valence-electron chi connectivity index (χ1n) is 9.26. The van der Waals surface area contributed by atoms with Crippen molar-refractivity contribution in [2.75, 3.05) is 19.0 Å². The number of thiazole rings is 1. The highest BCUT2D eigenvalue weighted by atomic mass is 35.5. The summed E-state index contributed by atoms with van der Waals surface area (Å²) in [5, 5.41) is 4.37. The molecule has 4 rings (SSSR count). The van der Waals surface area contributed by atoms with Gasteiger partial charge in [0, 0.05) is 10.6 Å². The zero-order valence-corrected chi connectivity index (χ0v) is 18.0. The lowest BCUT2D eigenvalue weighted by Gasteiger charge is -2.13. The van der Waals surface area contributed by atoms with Crippen molar-refractivity contribution in [1.29, 1.82) is 0 Å². The molecule has 0 saturated heterocycles. The molecule has 0 unspecified atom stereocenters. The van der Waals surface area contributed by atoms with Crippen LogP contribution in [0.25, 0.3) is 20.8 Å². The van der Waals surface area contributed by atoms with Crippen molar-refractivity contribution >= 4 is 44.7 Å². The molecule has 0 radical (unpaired) electrons. The van der Waals surface area contributed by atoms with E-state index in [1.807, 2.05) is 49.4 Å². The number of fused-ring (bicyclic) bond motifs is 1. The van der Waals surface area contributed by atoms with Gasteiger partial charge >= 0.3 is 0 Å². The molecular weight excluding hydrogens is 420 g/mol. The summed E-state index contributed by atoms with van der Waals surface area (Å²) in [4.78, 5) is 17.2. The first kappa shape index (κ1) is 20.2. The van der Waals surface area contributed by atoms with E-state index in [-0.39, 0.29) is 12.5 Å². The maximum Gasteiger partial charge on any atom is 0.262 e. The smallest absolute Gasteiger partial charge is 0.262 e. The van der Waals surface area contributed by atoms with E-state index < -0.39 is 0 Å². The maximum absolute atomic E-state index is 12.5. The Morgan fingerprint density at radius 2 is 1.90 bits per heavy atom. The number of amides is 1. The van der Waals surface area contributed by atoms with Crippen molar-refractivity contribution in [1.82, 2.24) is 4.98 Å². The minimum absolute atomic E-state index is 0.128. The zero-order chi connectivity index (χ0) is 21.1. The Morgan fingerprint density at radius 3 is 2.67 bits per heavy atom. The highest BCUT2D eigenvalue weighted by Gasteiger charge is 2.13. The fourth-order valence-electron chi connectivity index (χ4n) is 3.04. The third kappa shape index (κ3) is 4.40. The third-order valence-electron chi connectivity index (χ3n) is 4.51. The van der Waals surface area contributed by atoms with Crippen LogP contribution in [-0.4, -0.2) is 24.6 Å². The van der Waals surface area contributed by atoms with Gasteiger partial charge in [0.15, 0.2) is 6.61 Å². The Kier molecular flexibility index (Phi) is 5.88. The van der Waals surface area contributed by atoms with Crippen molar-refractivity contribution in [3.8, 4) is 22.1 Å². The van der Waals surface area contributed by atoms with Gasteiger partial charge in [-0.15, -0.1) is 11.3 Å². The number of para-hydroxylation sites is 1. The van der Waals surface area contributed by atoms with Gasteiger partial charge in [-0.05, 0) is 61.0 Å². The predicted molar refractivity (Wildman–Crippen MR) is 122 cm³/mol. The standard InChI is InChI=1S/C23H19ClN2O3S/c1-14-11-16(24)8-10-19(14)29-13-22(27)25-18-12-15(7-9-20(18)28-2)23-26-17-5-3-4-6-21(17)30-23/h3-12H,13H2,1-2H3,(H,25,27). The molecule has 30 heavy (non-hydrogen) atoms. The molecular formula is C23H19ClN2O3S. The van der Waals surface area contributed by atoms with E-state index in [1.165, 1.54) is 0 Å². The molecule has 0 spiro atoms. The summed E-state index contributed by atoms with van der Waals surface area (Å²) in [7, 11) is 1.57. The van der Waals surface area contributed by atoms with E-state index in [0.717, 1.165) is 26.4 Å². The van der Waals surface area contributed by atoms with Crippen molar-refractivity contribution in [2.24, 2.45) is 0 Å². The van der Waals surface area contributed by atoms with Gasteiger partial charge in [-0.3, -0.25) is 4.79 Å². The van der Waals surface area contributed by atoms with Crippen LogP contribution < -0.4 is 14.8 Å². The molecule has 0 aliphatic rings. The summed E-state index contributed by atoms with van der Waals surface area (Å²) in [6.45, 7) is 1.75. The largest absolute Gasteiger partial charge is 0.495 e. The normalized spacial score (nSPS) is 10.8.